The van der Waals surface area contributed by atoms with Crippen molar-refractivity contribution in [3.63, 3.8) is 0 Å². The van der Waals surface area contributed by atoms with Gasteiger partial charge in [-0.3, -0.25) is 0 Å². The van der Waals surface area contributed by atoms with Crippen molar-refractivity contribution in [2.75, 3.05) is 0 Å². The summed E-state index contributed by atoms with van der Waals surface area (Å²) in [6, 6.07) is 8.92. The summed E-state index contributed by atoms with van der Waals surface area (Å²) in [6.45, 7) is 8.78. The molecule has 1 aliphatic rings. The summed E-state index contributed by atoms with van der Waals surface area (Å²) in [4.78, 5) is 6.16. The normalized spacial score (nSPS) is 17.0. The highest BCUT2D eigenvalue weighted by Gasteiger charge is 2.30. The van der Waals surface area contributed by atoms with Gasteiger partial charge in [-0.15, -0.1) is 11.3 Å². The van der Waals surface area contributed by atoms with Crippen molar-refractivity contribution in [1.82, 2.24) is 4.98 Å². The molecule has 1 aromatic carbocycles. The molecule has 112 valence electrons. The maximum absolute atomic E-state index is 6.12. The fraction of sp³-hybridized carbons (Fsp3) is 0.500. The van der Waals surface area contributed by atoms with Gasteiger partial charge in [0.1, 0.15) is 5.01 Å². The molecule has 1 fully saturated rings. The van der Waals surface area contributed by atoms with Crippen LogP contribution in [0.5, 0.6) is 0 Å². The van der Waals surface area contributed by atoms with Gasteiger partial charge in [0.2, 0.25) is 0 Å². The summed E-state index contributed by atoms with van der Waals surface area (Å²) < 4.78 is 0. The number of nitrogens with zero attached hydrogens (tertiary/aromatic N) is 1. The van der Waals surface area contributed by atoms with Crippen molar-refractivity contribution in [3.05, 3.63) is 40.4 Å². The molecular weight excluding hydrogens is 276 g/mol. The quantitative estimate of drug-likeness (QED) is 0.866. The molecule has 0 radical (unpaired) electrons. The first kappa shape index (κ1) is 14.7. The molecule has 1 heterocycles. The average molecular weight is 300 g/mol. The fourth-order valence-corrected chi connectivity index (χ4v) is 3.66. The Kier molecular flexibility index (Phi) is 3.66. The van der Waals surface area contributed by atoms with Crippen LogP contribution in [-0.4, -0.2) is 4.98 Å². The lowest BCUT2D eigenvalue weighted by molar-refractivity contribution is 0.590. The van der Waals surface area contributed by atoms with Crippen LogP contribution < -0.4 is 5.73 Å². The fourth-order valence-electron chi connectivity index (χ4n) is 2.56. The topological polar surface area (TPSA) is 38.9 Å². The summed E-state index contributed by atoms with van der Waals surface area (Å²) in [5.41, 5.74) is 10.1. The number of benzene rings is 1. The van der Waals surface area contributed by atoms with E-state index < -0.39 is 0 Å². The molecule has 2 nitrogen and oxygen atoms in total. The van der Waals surface area contributed by atoms with E-state index >= 15 is 0 Å². The Morgan fingerprint density at radius 1 is 1.19 bits per heavy atom. The van der Waals surface area contributed by atoms with Crippen LogP contribution in [0.15, 0.2) is 24.3 Å². The summed E-state index contributed by atoms with van der Waals surface area (Å²) in [6.07, 6.45) is 2.54. The number of rotatable bonds is 3. The monoisotopic (exact) mass is 300 g/mol. The molecule has 3 rings (SSSR count). The highest BCUT2D eigenvalue weighted by atomic mass is 32.1. The molecule has 1 atom stereocenters. The zero-order valence-corrected chi connectivity index (χ0v) is 14.1. The number of hydrogen-bond acceptors (Lipinski definition) is 3. The molecule has 2 aromatic rings. The van der Waals surface area contributed by atoms with Gasteiger partial charge in [-0.25, -0.2) is 4.98 Å². The molecule has 1 aromatic heterocycles. The zero-order chi connectivity index (χ0) is 15.2. The van der Waals surface area contributed by atoms with E-state index in [2.05, 4.69) is 52.0 Å². The number of aromatic nitrogens is 1. The molecule has 0 aliphatic heterocycles. The lowest BCUT2D eigenvalue weighted by atomic mass is 9.87. The molecule has 3 heteroatoms. The van der Waals surface area contributed by atoms with E-state index in [-0.39, 0.29) is 11.5 Å². The smallest absolute Gasteiger partial charge is 0.123 e. The Morgan fingerprint density at radius 2 is 1.81 bits per heavy atom. The Morgan fingerprint density at radius 3 is 2.29 bits per heavy atom. The molecule has 0 bridgehead atoms. The van der Waals surface area contributed by atoms with Crippen LogP contribution in [0.1, 0.15) is 68.6 Å². The van der Waals surface area contributed by atoms with Crippen molar-refractivity contribution < 1.29 is 0 Å². The standard InChI is InChI=1S/C18H24N2S/c1-11(19)16-15(12-5-6-12)20-17(21-16)13-7-9-14(10-8-13)18(2,3)4/h7-12H,5-6,19H2,1-4H3. The van der Waals surface area contributed by atoms with Crippen LogP contribution in [0.25, 0.3) is 10.6 Å². The lowest BCUT2D eigenvalue weighted by Crippen LogP contribution is -2.10. The Labute approximate surface area is 131 Å². The first-order valence-electron chi connectivity index (χ1n) is 7.73. The van der Waals surface area contributed by atoms with Crippen LogP contribution in [0.4, 0.5) is 0 Å². The van der Waals surface area contributed by atoms with E-state index in [1.54, 1.807) is 11.3 Å². The summed E-state index contributed by atoms with van der Waals surface area (Å²) in [5, 5.41) is 1.12. The highest BCUT2D eigenvalue weighted by Crippen LogP contribution is 2.45. The van der Waals surface area contributed by atoms with Crippen molar-refractivity contribution in [1.29, 1.82) is 0 Å². The molecule has 0 amide bonds. The van der Waals surface area contributed by atoms with Gasteiger partial charge >= 0.3 is 0 Å². The first-order valence-corrected chi connectivity index (χ1v) is 8.55. The minimum absolute atomic E-state index is 0.0840. The Bertz CT molecular complexity index is 609. The Balaban J connectivity index is 1.95. The Hall–Kier alpha value is -1.19. The van der Waals surface area contributed by atoms with Gasteiger partial charge in [0.05, 0.1) is 5.69 Å². The van der Waals surface area contributed by atoms with Gasteiger partial charge in [-0.2, -0.15) is 0 Å². The molecule has 0 spiro atoms. The molecule has 1 unspecified atom stereocenters. The average Bonchev–Trinajstić information content (AvgIpc) is 3.16. The van der Waals surface area contributed by atoms with E-state index in [4.69, 9.17) is 10.7 Å². The van der Waals surface area contributed by atoms with Crippen molar-refractivity contribution in [3.8, 4) is 10.6 Å². The molecule has 21 heavy (non-hydrogen) atoms. The van der Waals surface area contributed by atoms with Crippen LogP contribution in [0.3, 0.4) is 0 Å². The van der Waals surface area contributed by atoms with Crippen LogP contribution in [0.2, 0.25) is 0 Å². The third kappa shape index (κ3) is 3.04. The van der Waals surface area contributed by atoms with Crippen molar-refractivity contribution >= 4 is 11.3 Å². The third-order valence-electron chi connectivity index (χ3n) is 4.06. The van der Waals surface area contributed by atoms with E-state index in [1.807, 2.05) is 0 Å². The van der Waals surface area contributed by atoms with Crippen LogP contribution in [-0.2, 0) is 5.41 Å². The van der Waals surface area contributed by atoms with E-state index in [9.17, 15) is 0 Å². The number of hydrogen-bond donors (Lipinski definition) is 1. The maximum Gasteiger partial charge on any atom is 0.123 e. The van der Waals surface area contributed by atoms with E-state index in [1.165, 1.54) is 34.5 Å². The lowest BCUT2D eigenvalue weighted by Gasteiger charge is -2.18. The molecule has 1 saturated carbocycles. The second kappa shape index (κ2) is 5.22. The van der Waals surface area contributed by atoms with Gasteiger partial charge in [0.15, 0.2) is 0 Å². The van der Waals surface area contributed by atoms with Crippen molar-refractivity contribution in [2.24, 2.45) is 5.73 Å². The predicted molar refractivity (Wildman–Crippen MR) is 90.8 cm³/mol. The van der Waals surface area contributed by atoms with Gasteiger partial charge in [0, 0.05) is 22.4 Å². The predicted octanol–water partition coefficient (Wildman–Crippen LogP) is 5.00. The van der Waals surface area contributed by atoms with Gasteiger partial charge < -0.3 is 5.73 Å². The number of thiazole rings is 1. The second-order valence-electron chi connectivity index (χ2n) is 7.16. The molecule has 0 saturated heterocycles. The van der Waals surface area contributed by atoms with Gasteiger partial charge in [-0.05, 0) is 30.7 Å². The van der Waals surface area contributed by atoms with E-state index in [0.717, 1.165) is 5.01 Å². The van der Waals surface area contributed by atoms with Gasteiger partial charge in [-0.1, -0.05) is 45.0 Å². The first-order chi connectivity index (χ1) is 9.86. The molecule has 1 aliphatic carbocycles. The molecule has 2 N–H and O–H groups in total. The number of nitrogens with two attached hydrogens (primary N) is 1. The summed E-state index contributed by atoms with van der Waals surface area (Å²) in [7, 11) is 0. The SMILES string of the molecule is CC(N)c1sc(-c2ccc(C(C)(C)C)cc2)nc1C1CC1. The minimum atomic E-state index is 0.0840. The van der Waals surface area contributed by atoms with Gasteiger partial charge in [0.25, 0.3) is 0 Å². The highest BCUT2D eigenvalue weighted by molar-refractivity contribution is 7.15. The minimum Gasteiger partial charge on any atom is -0.323 e. The van der Waals surface area contributed by atoms with Crippen LogP contribution >= 0.6 is 11.3 Å². The third-order valence-corrected chi connectivity index (χ3v) is 5.38. The maximum atomic E-state index is 6.12. The molecular formula is C18H24N2S. The van der Waals surface area contributed by atoms with Crippen LogP contribution in [0, 0.1) is 0 Å². The largest absolute Gasteiger partial charge is 0.323 e. The van der Waals surface area contributed by atoms with Crippen molar-refractivity contribution in [2.45, 2.75) is 57.9 Å². The van der Waals surface area contributed by atoms with E-state index in [0.29, 0.717) is 5.92 Å². The zero-order valence-electron chi connectivity index (χ0n) is 13.3. The summed E-state index contributed by atoms with van der Waals surface area (Å²) in [5.74, 6) is 0.657. The second-order valence-corrected chi connectivity index (χ2v) is 8.19. The summed E-state index contributed by atoms with van der Waals surface area (Å²) >= 11 is 1.77.